The molecule has 31 nitrogen and oxygen atoms in total. The van der Waals surface area contributed by atoms with E-state index >= 15 is 0 Å². The molecule has 4 aliphatic heterocycles. The van der Waals surface area contributed by atoms with Crippen LogP contribution in [0.1, 0.15) is 13.8 Å². The molecule has 64 heavy (non-hydrogen) atoms. The van der Waals surface area contributed by atoms with Gasteiger partial charge in [-0.25, -0.2) is 18.0 Å². The Morgan fingerprint density at radius 3 is 1.39 bits per heavy atom. The maximum atomic E-state index is 12.7. The summed E-state index contributed by atoms with van der Waals surface area (Å²) in [6.45, 7) is 2.56. The first-order chi connectivity index (χ1) is 29.6. The summed E-state index contributed by atoms with van der Waals surface area (Å²) in [5.74, 6) is -5.71. The number of amides is 2. The summed E-state index contributed by atoms with van der Waals surface area (Å²) in [5.41, 5.74) is 0. The summed E-state index contributed by atoms with van der Waals surface area (Å²) in [4.78, 5) is 49.2. The number of ether oxygens (including phenoxy) is 8. The Morgan fingerprint density at radius 1 is 0.562 bits per heavy atom. The van der Waals surface area contributed by atoms with Crippen molar-refractivity contribution in [3.8, 4) is 0 Å². The fourth-order valence-corrected chi connectivity index (χ4v) is 7.48. The monoisotopic (exact) mass is 976 g/mol. The van der Waals surface area contributed by atoms with Gasteiger partial charge in [0.15, 0.2) is 37.4 Å². The number of aliphatic hydroxyl groups excluding tert-OH is 7. The van der Waals surface area contributed by atoms with Gasteiger partial charge in [-0.15, -0.1) is 6.58 Å². The van der Waals surface area contributed by atoms with Crippen LogP contribution in [-0.2, 0) is 86.2 Å². The minimum Gasteiger partial charge on any atom is -0.479 e. The number of nitrogens with one attached hydrogen (secondary N) is 2. The zero-order valence-electron chi connectivity index (χ0n) is 33.0. The van der Waals surface area contributed by atoms with E-state index in [1.165, 1.54) is 6.08 Å². The van der Waals surface area contributed by atoms with Gasteiger partial charge < -0.3 is 94.5 Å². The van der Waals surface area contributed by atoms with Gasteiger partial charge in [-0.2, -0.15) is 16.8 Å². The van der Waals surface area contributed by atoms with Crippen molar-refractivity contribution in [1.29, 1.82) is 0 Å². The fraction of sp³-hybridized carbons (Fsp3) is 0.806. The molecule has 4 fully saturated rings. The predicted molar refractivity (Wildman–Crippen MR) is 193 cm³/mol. The fourth-order valence-electron chi connectivity index (χ4n) is 6.87. The highest BCUT2D eigenvalue weighted by Gasteiger charge is 2.58. The lowest BCUT2D eigenvalue weighted by Gasteiger charge is -2.50. The van der Waals surface area contributed by atoms with E-state index in [9.17, 15) is 86.5 Å². The maximum Gasteiger partial charge on any atom is 0.397 e. The highest BCUT2D eigenvalue weighted by molar-refractivity contribution is 7.81. The molecule has 0 aliphatic carbocycles. The molecular weight excluding hydrogens is 928 g/mol. The van der Waals surface area contributed by atoms with E-state index < -0.39 is 180 Å². The molecule has 2 amide bonds. The van der Waals surface area contributed by atoms with Gasteiger partial charge in [-0.3, -0.25) is 18.7 Å². The molecule has 0 radical (unpaired) electrons. The van der Waals surface area contributed by atoms with Crippen LogP contribution >= 0.6 is 0 Å². The van der Waals surface area contributed by atoms with Gasteiger partial charge >= 0.3 is 32.7 Å². The summed E-state index contributed by atoms with van der Waals surface area (Å²) in [7, 11) is -10.5. The van der Waals surface area contributed by atoms with Crippen LogP contribution in [0, 0.1) is 0 Å². The second-order valence-corrected chi connectivity index (χ2v) is 16.5. The van der Waals surface area contributed by atoms with E-state index in [4.69, 9.17) is 42.4 Å². The van der Waals surface area contributed by atoms with Gasteiger partial charge in [-0.1, -0.05) is 6.08 Å². The molecule has 0 aromatic carbocycles. The van der Waals surface area contributed by atoms with Crippen LogP contribution in [0.3, 0.4) is 0 Å². The average Bonchev–Trinajstić information content (AvgIpc) is 3.18. The molecular formula is C31H48N2O29S2. The Labute approximate surface area is 361 Å². The van der Waals surface area contributed by atoms with E-state index in [2.05, 4.69) is 25.6 Å². The van der Waals surface area contributed by atoms with Crippen LogP contribution in [-0.4, -0.2) is 238 Å². The third kappa shape index (κ3) is 13.4. The molecule has 368 valence electrons. The highest BCUT2D eigenvalue weighted by Crippen LogP contribution is 2.35. The summed E-state index contributed by atoms with van der Waals surface area (Å²) in [5, 5.41) is 101. The molecule has 0 spiro atoms. The summed E-state index contributed by atoms with van der Waals surface area (Å²) in [6, 6.07) is -3.63. The normalized spacial score (nSPS) is 40.8. The van der Waals surface area contributed by atoms with E-state index in [1.54, 1.807) is 0 Å². The summed E-state index contributed by atoms with van der Waals surface area (Å²) < 4.78 is 117. The number of rotatable bonds is 19. The number of carbonyl (C=O) groups is 4. The van der Waals surface area contributed by atoms with E-state index in [0.29, 0.717) is 0 Å². The van der Waals surface area contributed by atoms with Crippen LogP contribution in [0.2, 0.25) is 0 Å². The first-order valence-corrected chi connectivity index (χ1v) is 21.2. The number of carboxylic acids is 2. The number of carbonyl (C=O) groups excluding carboxylic acids is 2. The zero-order chi connectivity index (χ0) is 48.2. The van der Waals surface area contributed by atoms with Gasteiger partial charge in [0.05, 0.1) is 19.8 Å². The predicted octanol–water partition coefficient (Wildman–Crippen LogP) is -8.41. The lowest BCUT2D eigenvalue weighted by atomic mass is 9.94. The number of hydrogen-bond donors (Lipinski definition) is 13. The highest BCUT2D eigenvalue weighted by atomic mass is 32.3. The molecule has 0 aromatic rings. The van der Waals surface area contributed by atoms with Crippen molar-refractivity contribution < 1.29 is 137 Å². The molecule has 0 bridgehead atoms. The van der Waals surface area contributed by atoms with Gasteiger partial charge in [0.1, 0.15) is 85.3 Å². The Kier molecular flexibility index (Phi) is 18.4. The first-order valence-electron chi connectivity index (χ1n) is 18.5. The van der Waals surface area contributed by atoms with Crippen molar-refractivity contribution in [2.45, 2.75) is 137 Å². The van der Waals surface area contributed by atoms with Crippen molar-refractivity contribution >= 4 is 44.6 Å². The molecule has 4 saturated heterocycles. The molecule has 4 rings (SSSR count). The van der Waals surface area contributed by atoms with E-state index in [1.807, 2.05) is 0 Å². The second-order valence-electron chi connectivity index (χ2n) is 14.3. The molecule has 13 N–H and O–H groups in total. The SMILES string of the molecule is C=CCOC1OC(COS(=O)(=O)O)[C@H](O)[C@H](OC2OC(C(=O)O)[C@@H](OC3OC(COS(=O)(=O)O)[C@H](O)[C@H](O[C@@H]4OC(C(=O)O)[C@@H](O)[C@H](O)C4O)[C@@H]3NC(C)=O)[C@H](O)[C@@H]2O)[C@@H]1NC(C)=O. The van der Waals surface area contributed by atoms with Crippen LogP contribution in [0.25, 0.3) is 0 Å². The topological polar surface area (TPSA) is 475 Å². The largest absolute Gasteiger partial charge is 0.479 e. The Morgan fingerprint density at radius 2 is 0.969 bits per heavy atom. The van der Waals surface area contributed by atoms with Crippen LogP contribution in [0.15, 0.2) is 12.7 Å². The lowest BCUT2D eigenvalue weighted by Crippen LogP contribution is -2.71. The van der Waals surface area contributed by atoms with E-state index in [-0.39, 0.29) is 6.61 Å². The number of aliphatic hydroxyl groups is 7. The average molecular weight is 977 g/mol. The third-order valence-electron chi connectivity index (χ3n) is 9.70. The standard InChI is InChI=1S/C31H48N2O29S2/c1-4-5-53-28-12(32-8(2)34)21(14(36)10(56-28)6-54-63(47,48)49)58-31-20(42)18(40)23(25(62-31)27(45)46)60-29-13(33-9(3)35)22(15(37)11(57-29)7-55-64(50,51)52)59-30-19(41)16(38)17(39)24(61-30)26(43)44/h4,10-25,28-31,36-42H,1,5-7H2,2-3H3,(H,32,34)(H,33,35)(H,43,44)(H,45,46)(H,47,48,49)(H,50,51,52)/t10?,11?,12-,13-,14-,15-,16-,17-,18+,19?,20-,21+,22+,23-,24?,25?,28?,29?,30+,31?/m0/s1. The van der Waals surface area contributed by atoms with Crippen molar-refractivity contribution in [1.82, 2.24) is 10.6 Å². The minimum atomic E-state index is -5.32. The van der Waals surface area contributed by atoms with Crippen LogP contribution in [0.4, 0.5) is 0 Å². The molecule has 20 atom stereocenters. The van der Waals surface area contributed by atoms with Crippen molar-refractivity contribution in [3.05, 3.63) is 12.7 Å². The third-order valence-corrected chi connectivity index (χ3v) is 10.6. The molecule has 4 heterocycles. The molecule has 0 aromatic heterocycles. The summed E-state index contributed by atoms with van der Waals surface area (Å²) >= 11 is 0. The molecule has 8 unspecified atom stereocenters. The Balaban J connectivity index is 1.70. The number of hydrogen-bond acceptors (Lipinski definition) is 25. The number of aliphatic carboxylic acids is 2. The quantitative estimate of drug-likeness (QED) is 0.0422. The van der Waals surface area contributed by atoms with Crippen molar-refractivity contribution in [2.75, 3.05) is 19.8 Å². The smallest absolute Gasteiger partial charge is 0.397 e. The lowest BCUT2D eigenvalue weighted by molar-refractivity contribution is -0.369. The second kappa shape index (κ2) is 22.0. The Hall–Kier alpha value is -3.24. The van der Waals surface area contributed by atoms with Crippen LogP contribution in [0.5, 0.6) is 0 Å². The van der Waals surface area contributed by atoms with Crippen molar-refractivity contribution in [2.24, 2.45) is 0 Å². The zero-order valence-corrected chi connectivity index (χ0v) is 34.7. The van der Waals surface area contributed by atoms with Gasteiger partial charge in [0.25, 0.3) is 0 Å². The Bertz CT molecular complexity index is 1880. The van der Waals surface area contributed by atoms with Gasteiger partial charge in [-0.05, 0) is 0 Å². The molecule has 33 heteroatoms. The van der Waals surface area contributed by atoms with E-state index in [0.717, 1.165) is 13.8 Å². The minimum absolute atomic E-state index is 0.312. The first kappa shape index (κ1) is 53.4. The number of carboxylic acid groups (broad SMARTS) is 2. The molecule has 4 aliphatic rings. The van der Waals surface area contributed by atoms with Gasteiger partial charge in [0, 0.05) is 13.8 Å². The van der Waals surface area contributed by atoms with Crippen molar-refractivity contribution in [3.63, 3.8) is 0 Å². The van der Waals surface area contributed by atoms with Gasteiger partial charge in [0.2, 0.25) is 11.8 Å². The molecule has 0 saturated carbocycles. The summed E-state index contributed by atoms with van der Waals surface area (Å²) in [6.07, 6.45) is -38.7. The maximum absolute atomic E-state index is 12.7. The van der Waals surface area contributed by atoms with Crippen LogP contribution < -0.4 is 10.6 Å².